The maximum atomic E-state index is 11.0. The zero-order chi connectivity index (χ0) is 22.4. The third-order valence-electron chi connectivity index (χ3n) is 6.57. The van der Waals surface area contributed by atoms with Crippen LogP contribution in [-0.4, -0.2) is 65.5 Å². The summed E-state index contributed by atoms with van der Waals surface area (Å²) in [5.74, 6) is 1.75. The van der Waals surface area contributed by atoms with Gasteiger partial charge < -0.3 is 29.6 Å². The number of rotatable bonds is 10. The fourth-order valence-corrected chi connectivity index (χ4v) is 4.53. The van der Waals surface area contributed by atoms with Gasteiger partial charge in [0.1, 0.15) is 11.5 Å². The van der Waals surface area contributed by atoms with E-state index >= 15 is 0 Å². The number of β-amino-alcohol motifs (C(OH)–C–C–N with tert-alkyl or cyclic N) is 1. The van der Waals surface area contributed by atoms with E-state index in [9.17, 15) is 10.2 Å². The van der Waals surface area contributed by atoms with Crippen LogP contribution >= 0.6 is 0 Å². The highest BCUT2D eigenvalue weighted by atomic mass is 16.5. The van der Waals surface area contributed by atoms with Crippen LogP contribution in [-0.2, 0) is 6.42 Å². The Bertz CT molecular complexity index is 984. The first-order valence-electron chi connectivity index (χ1n) is 11.3. The summed E-state index contributed by atoms with van der Waals surface area (Å²) in [6, 6.07) is 11.5. The second-order valence-corrected chi connectivity index (χ2v) is 8.65. The molecule has 3 heterocycles. The Hall–Kier alpha value is -2.45. The molecule has 1 atom stereocenters. The Kier molecular flexibility index (Phi) is 7.42. The number of fused-ring (bicyclic) bond motifs is 1. The zero-order valence-corrected chi connectivity index (χ0v) is 18.7. The van der Waals surface area contributed by atoms with Crippen molar-refractivity contribution in [1.29, 1.82) is 0 Å². The van der Waals surface area contributed by atoms with E-state index in [1.807, 2.05) is 36.4 Å². The number of nitrogens with one attached hydrogen (secondary N) is 1. The fourth-order valence-electron chi connectivity index (χ4n) is 4.53. The van der Waals surface area contributed by atoms with Crippen molar-refractivity contribution in [3.8, 4) is 5.75 Å². The summed E-state index contributed by atoms with van der Waals surface area (Å²) in [6.45, 7) is 3.17. The van der Waals surface area contributed by atoms with Gasteiger partial charge in [0.25, 0.3) is 0 Å². The maximum Gasteiger partial charge on any atom is 0.119 e. The summed E-state index contributed by atoms with van der Waals surface area (Å²) in [6.07, 6.45) is 6.39. The number of methoxy groups -OCH3 is 1. The molecule has 4 rings (SSSR count). The largest absolute Gasteiger partial charge is 0.497 e. The topological polar surface area (TPSA) is 91.0 Å². The number of aliphatic hydroxyl groups is 2. The molecule has 0 saturated carbocycles. The van der Waals surface area contributed by atoms with Crippen molar-refractivity contribution in [2.75, 3.05) is 39.9 Å². The minimum atomic E-state index is -0.615. The van der Waals surface area contributed by atoms with Crippen molar-refractivity contribution in [3.05, 3.63) is 60.2 Å². The number of aromatic nitrogens is 1. The van der Waals surface area contributed by atoms with Gasteiger partial charge >= 0.3 is 0 Å². The first-order chi connectivity index (χ1) is 15.6. The molecule has 3 N–H and O–H groups in total. The highest BCUT2D eigenvalue weighted by Crippen LogP contribution is 2.29. The molecular weight excluding hydrogens is 406 g/mol. The molecule has 3 aromatic rings. The summed E-state index contributed by atoms with van der Waals surface area (Å²) in [4.78, 5) is 6.68. The normalized spacial score (nSPS) is 17.5. The Morgan fingerprint density at radius 3 is 2.81 bits per heavy atom. The van der Waals surface area contributed by atoms with Gasteiger partial charge in [0.05, 0.1) is 31.6 Å². The predicted octanol–water partition coefficient (Wildman–Crippen LogP) is 2.92. The quantitative estimate of drug-likeness (QED) is 0.419. The van der Waals surface area contributed by atoms with Crippen molar-refractivity contribution in [2.45, 2.75) is 37.3 Å². The molecule has 0 radical (unpaired) electrons. The van der Waals surface area contributed by atoms with E-state index in [0.29, 0.717) is 6.54 Å². The molecule has 1 aliphatic heterocycles. The summed E-state index contributed by atoms with van der Waals surface area (Å²) >= 11 is 0. The van der Waals surface area contributed by atoms with E-state index in [2.05, 4.69) is 15.2 Å². The Labute approximate surface area is 189 Å². The summed E-state index contributed by atoms with van der Waals surface area (Å²) in [5.41, 5.74) is 1.46. The van der Waals surface area contributed by atoms with Crippen molar-refractivity contribution in [2.24, 2.45) is 0 Å². The summed E-state index contributed by atoms with van der Waals surface area (Å²) in [7, 11) is 1.64. The predicted molar refractivity (Wildman–Crippen MR) is 124 cm³/mol. The van der Waals surface area contributed by atoms with Gasteiger partial charge in [-0.1, -0.05) is 0 Å². The lowest BCUT2D eigenvalue weighted by Crippen LogP contribution is -2.56. The Morgan fingerprint density at radius 2 is 2.09 bits per heavy atom. The number of likely N-dealkylation sites (tertiary alicyclic amines) is 1. The molecule has 0 unspecified atom stereocenters. The number of nitrogens with zero attached hydrogens (tertiary/aromatic N) is 2. The zero-order valence-electron chi connectivity index (χ0n) is 18.7. The van der Waals surface area contributed by atoms with Crippen molar-refractivity contribution in [3.63, 3.8) is 0 Å². The molecule has 32 heavy (non-hydrogen) atoms. The molecule has 1 fully saturated rings. The lowest BCUT2D eigenvalue weighted by Gasteiger charge is -2.42. The SMILES string of the molecule is COc1ccc2nccc([C@@H](O)CN3CCC(CO)(NCCCc4ccco4)CC3)c2c1. The number of hydrogen-bond donors (Lipinski definition) is 3. The van der Waals surface area contributed by atoms with Gasteiger partial charge in [-0.3, -0.25) is 4.98 Å². The number of aliphatic hydroxyl groups excluding tert-OH is 2. The number of piperidine rings is 1. The third kappa shape index (κ3) is 5.30. The maximum absolute atomic E-state index is 11.0. The van der Waals surface area contributed by atoms with E-state index in [4.69, 9.17) is 9.15 Å². The average Bonchev–Trinajstić information content (AvgIpc) is 3.36. The molecule has 172 valence electrons. The van der Waals surface area contributed by atoms with Crippen LogP contribution in [0.15, 0.2) is 53.3 Å². The van der Waals surface area contributed by atoms with Gasteiger partial charge in [-0.05, 0) is 67.8 Å². The molecule has 0 bridgehead atoms. The van der Waals surface area contributed by atoms with Crippen LogP contribution in [0.2, 0.25) is 0 Å². The number of aryl methyl sites for hydroxylation is 1. The number of ether oxygens (including phenoxy) is 1. The molecule has 0 aliphatic carbocycles. The lowest BCUT2D eigenvalue weighted by molar-refractivity contribution is 0.0495. The van der Waals surface area contributed by atoms with Gasteiger partial charge in [-0.25, -0.2) is 0 Å². The van der Waals surface area contributed by atoms with E-state index in [1.165, 1.54) is 0 Å². The van der Waals surface area contributed by atoms with Crippen LogP contribution in [0.25, 0.3) is 10.9 Å². The molecule has 1 aromatic carbocycles. The fraction of sp³-hybridized carbons (Fsp3) is 0.480. The van der Waals surface area contributed by atoms with Gasteiger partial charge in [0, 0.05) is 43.2 Å². The van der Waals surface area contributed by atoms with Crippen LogP contribution in [0.3, 0.4) is 0 Å². The number of furan rings is 1. The summed E-state index contributed by atoms with van der Waals surface area (Å²) < 4.78 is 10.7. The van der Waals surface area contributed by atoms with Gasteiger partial charge in [0.2, 0.25) is 0 Å². The Balaban J connectivity index is 1.31. The van der Waals surface area contributed by atoms with Crippen LogP contribution < -0.4 is 10.1 Å². The number of pyridine rings is 1. The van der Waals surface area contributed by atoms with Crippen LogP contribution in [0.4, 0.5) is 0 Å². The van der Waals surface area contributed by atoms with E-state index in [-0.39, 0.29) is 12.1 Å². The molecule has 2 aromatic heterocycles. The standard InChI is InChI=1S/C25H33N3O4/c1-31-20-6-7-23-22(16-20)21(8-12-26-23)24(30)17-28-13-9-25(18-29,10-14-28)27-11-2-4-19-5-3-15-32-19/h3,5-8,12,15-16,24,27,29-30H,2,4,9-11,13-14,17-18H2,1H3/t24-/m0/s1. The molecule has 1 aliphatic rings. The van der Waals surface area contributed by atoms with Crippen molar-refractivity contribution >= 4 is 10.9 Å². The molecule has 7 heteroatoms. The number of hydrogen-bond acceptors (Lipinski definition) is 7. The number of benzene rings is 1. The first-order valence-corrected chi connectivity index (χ1v) is 11.3. The Morgan fingerprint density at radius 1 is 1.25 bits per heavy atom. The summed E-state index contributed by atoms with van der Waals surface area (Å²) in [5, 5.41) is 25.6. The van der Waals surface area contributed by atoms with E-state index < -0.39 is 6.10 Å². The third-order valence-corrected chi connectivity index (χ3v) is 6.57. The lowest BCUT2D eigenvalue weighted by atomic mass is 9.87. The molecular formula is C25H33N3O4. The van der Waals surface area contributed by atoms with Gasteiger partial charge in [0.15, 0.2) is 0 Å². The van der Waals surface area contributed by atoms with Gasteiger partial charge in [-0.2, -0.15) is 0 Å². The van der Waals surface area contributed by atoms with Crippen LogP contribution in [0, 0.1) is 0 Å². The van der Waals surface area contributed by atoms with Crippen molar-refractivity contribution < 1.29 is 19.4 Å². The van der Waals surface area contributed by atoms with E-state index in [1.54, 1.807) is 19.6 Å². The molecule has 0 amide bonds. The second-order valence-electron chi connectivity index (χ2n) is 8.65. The molecule has 0 spiro atoms. The van der Waals surface area contributed by atoms with Crippen LogP contribution in [0.5, 0.6) is 5.75 Å². The highest BCUT2D eigenvalue weighted by Gasteiger charge is 2.34. The monoisotopic (exact) mass is 439 g/mol. The van der Waals surface area contributed by atoms with E-state index in [0.717, 1.165) is 73.3 Å². The smallest absolute Gasteiger partial charge is 0.119 e. The van der Waals surface area contributed by atoms with Gasteiger partial charge in [-0.15, -0.1) is 0 Å². The minimum Gasteiger partial charge on any atom is -0.497 e. The second kappa shape index (κ2) is 10.4. The minimum absolute atomic E-state index is 0.124. The average molecular weight is 440 g/mol. The highest BCUT2D eigenvalue weighted by molar-refractivity contribution is 5.83. The first kappa shape index (κ1) is 22.7. The molecule has 7 nitrogen and oxygen atoms in total. The molecule has 1 saturated heterocycles. The van der Waals surface area contributed by atoms with Crippen LogP contribution in [0.1, 0.15) is 36.7 Å². The van der Waals surface area contributed by atoms with Crippen molar-refractivity contribution in [1.82, 2.24) is 15.2 Å².